The van der Waals surface area contributed by atoms with E-state index in [2.05, 4.69) is 12.6 Å². The number of ether oxygens (including phenoxy) is 2. The van der Waals surface area contributed by atoms with Gasteiger partial charge in [-0.1, -0.05) is 0 Å². The van der Waals surface area contributed by atoms with Gasteiger partial charge in [0.15, 0.2) is 0 Å². The second-order valence-corrected chi connectivity index (χ2v) is 4.00. The maximum absolute atomic E-state index is 5.76. The van der Waals surface area contributed by atoms with Crippen LogP contribution in [0.3, 0.4) is 0 Å². The van der Waals surface area contributed by atoms with Crippen LogP contribution in [-0.2, 0) is 6.42 Å². The molecule has 0 aliphatic rings. The Morgan fingerprint density at radius 2 is 1.87 bits per heavy atom. The zero-order valence-electron chi connectivity index (χ0n) is 9.28. The van der Waals surface area contributed by atoms with Gasteiger partial charge in [-0.15, -0.1) is 12.6 Å². The van der Waals surface area contributed by atoms with Crippen LogP contribution in [0.15, 0.2) is 17.0 Å². The first-order valence-corrected chi connectivity index (χ1v) is 5.22. The molecular weight excluding hydrogens is 210 g/mol. The molecule has 2 N–H and O–H groups in total. The Morgan fingerprint density at radius 1 is 1.27 bits per heavy atom. The van der Waals surface area contributed by atoms with Crippen LogP contribution in [-0.4, -0.2) is 20.3 Å². The van der Waals surface area contributed by atoms with Crippen LogP contribution >= 0.6 is 12.6 Å². The number of hydrogen-bond acceptors (Lipinski definition) is 4. The number of thiol groups is 1. The molecule has 0 fully saturated rings. The van der Waals surface area contributed by atoms with Gasteiger partial charge in [-0.3, -0.25) is 0 Å². The lowest BCUT2D eigenvalue weighted by Gasteiger charge is -2.13. The Hall–Kier alpha value is -0.870. The lowest BCUT2D eigenvalue weighted by Crippen LogP contribution is -2.18. The molecule has 0 aliphatic carbocycles. The van der Waals surface area contributed by atoms with E-state index in [0.29, 0.717) is 0 Å². The topological polar surface area (TPSA) is 44.5 Å². The highest BCUT2D eigenvalue weighted by atomic mass is 32.1. The molecule has 84 valence electrons. The minimum atomic E-state index is 0.0920. The van der Waals surface area contributed by atoms with E-state index in [1.807, 2.05) is 19.1 Å². The third-order valence-corrected chi connectivity index (χ3v) is 2.47. The molecule has 1 atom stereocenters. The van der Waals surface area contributed by atoms with E-state index in [1.54, 1.807) is 14.2 Å². The summed E-state index contributed by atoms with van der Waals surface area (Å²) in [4.78, 5) is 0.766. The molecule has 0 radical (unpaired) electrons. The minimum Gasteiger partial charge on any atom is -0.496 e. The van der Waals surface area contributed by atoms with E-state index in [0.717, 1.165) is 28.4 Å². The van der Waals surface area contributed by atoms with Crippen LogP contribution in [0.4, 0.5) is 0 Å². The van der Waals surface area contributed by atoms with Crippen molar-refractivity contribution in [3.8, 4) is 11.5 Å². The summed E-state index contributed by atoms with van der Waals surface area (Å²) in [5, 5.41) is 0. The van der Waals surface area contributed by atoms with Gasteiger partial charge in [0.05, 0.1) is 14.2 Å². The number of nitrogens with two attached hydrogens (primary N) is 1. The Balaban J connectivity index is 3.10. The highest BCUT2D eigenvalue weighted by molar-refractivity contribution is 7.80. The molecule has 1 aromatic rings. The van der Waals surface area contributed by atoms with Gasteiger partial charge in [-0.25, -0.2) is 0 Å². The van der Waals surface area contributed by atoms with Crippen molar-refractivity contribution in [1.82, 2.24) is 0 Å². The maximum Gasteiger partial charge on any atom is 0.132 e. The Kier molecular flexibility index (Phi) is 4.29. The Morgan fingerprint density at radius 3 is 2.33 bits per heavy atom. The fourth-order valence-electron chi connectivity index (χ4n) is 1.45. The standard InChI is InChI=1S/C11H17NO2S/c1-7(12)4-8-5-10(14-3)11(15)6-9(8)13-2/h5-7,15H,4,12H2,1-3H3. The van der Waals surface area contributed by atoms with Crippen LogP contribution in [0, 0.1) is 0 Å². The first kappa shape index (κ1) is 12.2. The van der Waals surface area contributed by atoms with Crippen LogP contribution in [0.5, 0.6) is 11.5 Å². The molecule has 1 aromatic carbocycles. The van der Waals surface area contributed by atoms with Crippen molar-refractivity contribution in [2.75, 3.05) is 14.2 Å². The normalized spacial score (nSPS) is 12.3. The van der Waals surface area contributed by atoms with Crippen LogP contribution in [0.25, 0.3) is 0 Å². The maximum atomic E-state index is 5.76. The zero-order valence-corrected chi connectivity index (χ0v) is 10.2. The third kappa shape index (κ3) is 3.04. The summed E-state index contributed by atoms with van der Waals surface area (Å²) in [6, 6.07) is 3.86. The van der Waals surface area contributed by atoms with Crippen molar-refractivity contribution < 1.29 is 9.47 Å². The third-order valence-electron chi connectivity index (χ3n) is 2.12. The molecule has 1 unspecified atom stereocenters. The molecule has 3 nitrogen and oxygen atoms in total. The van der Waals surface area contributed by atoms with Crippen molar-refractivity contribution in [3.63, 3.8) is 0 Å². The van der Waals surface area contributed by atoms with Crippen LogP contribution < -0.4 is 15.2 Å². The molecule has 1 rings (SSSR count). The lowest BCUT2D eigenvalue weighted by atomic mass is 10.1. The molecular formula is C11H17NO2S. The van der Waals surface area contributed by atoms with Crippen LogP contribution in [0.1, 0.15) is 12.5 Å². The predicted molar refractivity (Wildman–Crippen MR) is 64.2 cm³/mol. The summed E-state index contributed by atoms with van der Waals surface area (Å²) < 4.78 is 10.5. The second kappa shape index (κ2) is 5.28. The molecule has 4 heteroatoms. The average molecular weight is 227 g/mol. The van der Waals surface area contributed by atoms with Gasteiger partial charge in [0, 0.05) is 10.9 Å². The van der Waals surface area contributed by atoms with E-state index >= 15 is 0 Å². The van der Waals surface area contributed by atoms with Crippen molar-refractivity contribution in [1.29, 1.82) is 0 Å². The van der Waals surface area contributed by atoms with Gasteiger partial charge in [-0.2, -0.15) is 0 Å². The molecule has 0 saturated carbocycles. The van der Waals surface area contributed by atoms with Crippen molar-refractivity contribution >= 4 is 12.6 Å². The fraction of sp³-hybridized carbons (Fsp3) is 0.455. The van der Waals surface area contributed by atoms with Crippen LogP contribution in [0.2, 0.25) is 0 Å². The average Bonchev–Trinajstić information content (AvgIpc) is 2.19. The molecule has 0 bridgehead atoms. The number of benzene rings is 1. The lowest BCUT2D eigenvalue weighted by molar-refractivity contribution is 0.389. The van der Waals surface area contributed by atoms with Gasteiger partial charge >= 0.3 is 0 Å². The van der Waals surface area contributed by atoms with E-state index in [4.69, 9.17) is 15.2 Å². The summed E-state index contributed by atoms with van der Waals surface area (Å²) in [6.07, 6.45) is 0.758. The van der Waals surface area contributed by atoms with Gasteiger partial charge in [0.1, 0.15) is 11.5 Å². The van der Waals surface area contributed by atoms with Gasteiger partial charge in [-0.05, 0) is 31.0 Å². The first-order valence-electron chi connectivity index (χ1n) is 4.78. The predicted octanol–water partition coefficient (Wildman–Crippen LogP) is 1.88. The molecule has 0 aliphatic heterocycles. The Labute approximate surface area is 96.0 Å². The minimum absolute atomic E-state index is 0.0920. The SMILES string of the molecule is COc1cc(CC(C)N)c(OC)cc1S. The Bertz CT molecular complexity index is 340. The molecule has 15 heavy (non-hydrogen) atoms. The molecule has 0 heterocycles. The smallest absolute Gasteiger partial charge is 0.132 e. The van der Waals surface area contributed by atoms with Crippen molar-refractivity contribution in [2.24, 2.45) is 5.73 Å². The summed E-state index contributed by atoms with van der Waals surface area (Å²) in [5.41, 5.74) is 6.81. The van der Waals surface area contributed by atoms with E-state index in [-0.39, 0.29) is 6.04 Å². The monoisotopic (exact) mass is 227 g/mol. The first-order chi connectivity index (χ1) is 7.08. The molecule has 0 spiro atoms. The number of methoxy groups -OCH3 is 2. The van der Waals surface area contributed by atoms with Crippen molar-refractivity contribution in [2.45, 2.75) is 24.3 Å². The van der Waals surface area contributed by atoms with Crippen molar-refractivity contribution in [3.05, 3.63) is 17.7 Å². The molecule has 0 aromatic heterocycles. The molecule has 0 amide bonds. The summed E-state index contributed by atoms with van der Waals surface area (Å²) in [6.45, 7) is 1.96. The highest BCUT2D eigenvalue weighted by Gasteiger charge is 2.10. The summed E-state index contributed by atoms with van der Waals surface area (Å²) in [5.74, 6) is 1.55. The largest absolute Gasteiger partial charge is 0.496 e. The van der Waals surface area contributed by atoms with Gasteiger partial charge in [0.2, 0.25) is 0 Å². The van der Waals surface area contributed by atoms with E-state index in [9.17, 15) is 0 Å². The molecule has 0 saturated heterocycles. The number of hydrogen-bond donors (Lipinski definition) is 2. The zero-order chi connectivity index (χ0) is 11.4. The van der Waals surface area contributed by atoms with E-state index < -0.39 is 0 Å². The van der Waals surface area contributed by atoms with Gasteiger partial charge in [0.25, 0.3) is 0 Å². The number of rotatable bonds is 4. The fourth-order valence-corrected chi connectivity index (χ4v) is 1.72. The van der Waals surface area contributed by atoms with Gasteiger partial charge < -0.3 is 15.2 Å². The summed E-state index contributed by atoms with van der Waals surface area (Å²) in [7, 11) is 3.26. The second-order valence-electron chi connectivity index (χ2n) is 3.52. The highest BCUT2D eigenvalue weighted by Crippen LogP contribution is 2.31. The quantitative estimate of drug-likeness (QED) is 0.772. The van der Waals surface area contributed by atoms with E-state index in [1.165, 1.54) is 0 Å². The summed E-state index contributed by atoms with van der Waals surface area (Å²) >= 11 is 4.30.